The molecule has 1 heterocycles. The van der Waals surface area contributed by atoms with E-state index in [1.807, 2.05) is 35.7 Å². The fourth-order valence-corrected chi connectivity index (χ4v) is 2.86. The first-order chi connectivity index (χ1) is 8.74. The third-order valence-corrected chi connectivity index (χ3v) is 4.00. The van der Waals surface area contributed by atoms with Crippen molar-refractivity contribution in [1.29, 1.82) is 0 Å². The van der Waals surface area contributed by atoms with Gasteiger partial charge in [-0.1, -0.05) is 23.7 Å². The van der Waals surface area contributed by atoms with Gasteiger partial charge in [-0.25, -0.2) is 0 Å². The maximum Gasteiger partial charge on any atom is 0.141 e. The van der Waals surface area contributed by atoms with Crippen molar-refractivity contribution in [3.8, 4) is 5.75 Å². The molecular formula is C13H15ClN2OS. The van der Waals surface area contributed by atoms with Crippen LogP contribution in [0, 0.1) is 0 Å². The van der Waals surface area contributed by atoms with E-state index in [9.17, 15) is 0 Å². The summed E-state index contributed by atoms with van der Waals surface area (Å²) in [5.74, 6) is 0.804. The second-order valence-electron chi connectivity index (χ2n) is 3.80. The molecule has 3 N–H and O–H groups in total. The standard InChI is InChI=1S/C13H15ClN2OS/c1-17-12-5-3-2-4-10(12)16-11(7-15)13-6-9(14)8-18-13/h2-6,8,11,16H,7,15H2,1H3. The minimum Gasteiger partial charge on any atom is -0.495 e. The van der Waals surface area contributed by atoms with Crippen LogP contribution in [0.1, 0.15) is 10.9 Å². The molecule has 0 saturated heterocycles. The molecule has 2 aromatic rings. The van der Waals surface area contributed by atoms with E-state index in [0.29, 0.717) is 6.54 Å². The Kier molecular flexibility index (Phi) is 4.47. The number of ether oxygens (including phenoxy) is 1. The van der Waals surface area contributed by atoms with Crippen LogP contribution in [0.2, 0.25) is 5.02 Å². The van der Waals surface area contributed by atoms with Gasteiger partial charge in [-0.15, -0.1) is 11.3 Å². The van der Waals surface area contributed by atoms with Crippen molar-refractivity contribution >= 4 is 28.6 Å². The van der Waals surface area contributed by atoms with Crippen LogP contribution in [0.4, 0.5) is 5.69 Å². The first-order valence-corrected chi connectivity index (χ1v) is 6.84. The number of benzene rings is 1. The van der Waals surface area contributed by atoms with Crippen molar-refractivity contribution < 1.29 is 4.74 Å². The Labute approximate surface area is 116 Å². The normalized spacial score (nSPS) is 12.2. The number of thiophene rings is 1. The number of methoxy groups -OCH3 is 1. The van der Waals surface area contributed by atoms with Gasteiger partial charge in [-0.05, 0) is 18.2 Å². The second kappa shape index (κ2) is 6.09. The third kappa shape index (κ3) is 2.96. The zero-order chi connectivity index (χ0) is 13.0. The maximum atomic E-state index is 5.94. The summed E-state index contributed by atoms with van der Waals surface area (Å²) in [5.41, 5.74) is 6.74. The summed E-state index contributed by atoms with van der Waals surface area (Å²) < 4.78 is 5.31. The second-order valence-corrected chi connectivity index (χ2v) is 5.18. The van der Waals surface area contributed by atoms with E-state index in [-0.39, 0.29) is 6.04 Å². The lowest BCUT2D eigenvalue weighted by atomic mass is 10.2. The number of para-hydroxylation sites is 2. The van der Waals surface area contributed by atoms with Crippen LogP contribution in [0.15, 0.2) is 35.7 Å². The fourth-order valence-electron chi connectivity index (χ4n) is 1.71. The molecule has 0 amide bonds. The first kappa shape index (κ1) is 13.2. The average Bonchev–Trinajstić information content (AvgIpc) is 2.83. The van der Waals surface area contributed by atoms with Gasteiger partial charge in [-0.3, -0.25) is 0 Å². The molecule has 0 aliphatic rings. The number of rotatable bonds is 5. The summed E-state index contributed by atoms with van der Waals surface area (Å²) in [7, 11) is 1.65. The molecule has 0 aliphatic heterocycles. The third-order valence-electron chi connectivity index (χ3n) is 2.60. The lowest BCUT2D eigenvalue weighted by molar-refractivity contribution is 0.416. The van der Waals surface area contributed by atoms with Gasteiger partial charge in [0, 0.05) is 16.8 Å². The average molecular weight is 283 g/mol. The van der Waals surface area contributed by atoms with E-state index in [1.54, 1.807) is 18.4 Å². The maximum absolute atomic E-state index is 5.94. The topological polar surface area (TPSA) is 47.3 Å². The van der Waals surface area contributed by atoms with Crippen molar-refractivity contribution in [3.63, 3.8) is 0 Å². The quantitative estimate of drug-likeness (QED) is 0.882. The Morgan fingerprint density at radius 3 is 2.83 bits per heavy atom. The number of nitrogens with two attached hydrogens (primary N) is 1. The van der Waals surface area contributed by atoms with Gasteiger partial charge in [0.15, 0.2) is 0 Å². The highest BCUT2D eigenvalue weighted by Gasteiger charge is 2.13. The zero-order valence-corrected chi connectivity index (χ0v) is 11.6. The van der Waals surface area contributed by atoms with Crippen molar-refractivity contribution in [2.75, 3.05) is 19.0 Å². The summed E-state index contributed by atoms with van der Waals surface area (Å²) in [5, 5.41) is 6.03. The van der Waals surface area contributed by atoms with Gasteiger partial charge in [-0.2, -0.15) is 0 Å². The minimum atomic E-state index is 0.0406. The molecule has 1 atom stereocenters. The van der Waals surface area contributed by atoms with Crippen molar-refractivity contribution in [2.24, 2.45) is 5.73 Å². The molecule has 0 fully saturated rings. The van der Waals surface area contributed by atoms with Crippen LogP contribution in [0.5, 0.6) is 5.75 Å². The zero-order valence-electron chi connectivity index (χ0n) is 10.0. The highest BCUT2D eigenvalue weighted by Crippen LogP contribution is 2.31. The molecule has 0 saturated carbocycles. The van der Waals surface area contributed by atoms with Crippen LogP contribution in [0.3, 0.4) is 0 Å². The molecule has 0 spiro atoms. The van der Waals surface area contributed by atoms with Gasteiger partial charge >= 0.3 is 0 Å². The van der Waals surface area contributed by atoms with E-state index >= 15 is 0 Å². The number of nitrogens with one attached hydrogen (secondary N) is 1. The molecule has 0 bridgehead atoms. The van der Waals surface area contributed by atoms with Crippen molar-refractivity contribution in [1.82, 2.24) is 0 Å². The highest BCUT2D eigenvalue weighted by atomic mass is 35.5. The van der Waals surface area contributed by atoms with E-state index in [2.05, 4.69) is 5.32 Å². The highest BCUT2D eigenvalue weighted by molar-refractivity contribution is 7.10. The van der Waals surface area contributed by atoms with Gasteiger partial charge in [0.25, 0.3) is 0 Å². The van der Waals surface area contributed by atoms with Crippen LogP contribution in [-0.4, -0.2) is 13.7 Å². The monoisotopic (exact) mass is 282 g/mol. The van der Waals surface area contributed by atoms with Gasteiger partial charge < -0.3 is 15.8 Å². The smallest absolute Gasteiger partial charge is 0.141 e. The Morgan fingerprint density at radius 1 is 1.44 bits per heavy atom. The van der Waals surface area contributed by atoms with Crippen LogP contribution < -0.4 is 15.8 Å². The molecule has 1 aromatic heterocycles. The number of halogens is 1. The summed E-state index contributed by atoms with van der Waals surface area (Å²) in [6, 6.07) is 9.75. The van der Waals surface area contributed by atoms with E-state index < -0.39 is 0 Å². The fraction of sp³-hybridized carbons (Fsp3) is 0.231. The lowest BCUT2D eigenvalue weighted by Crippen LogP contribution is -2.19. The van der Waals surface area contributed by atoms with Gasteiger partial charge in [0.05, 0.1) is 23.9 Å². The molecule has 0 radical (unpaired) electrons. The molecule has 0 aliphatic carbocycles. The predicted molar refractivity (Wildman–Crippen MR) is 77.7 cm³/mol. The summed E-state index contributed by atoms with van der Waals surface area (Å²) in [6.07, 6.45) is 0. The number of anilines is 1. The van der Waals surface area contributed by atoms with E-state index in [1.165, 1.54) is 0 Å². The molecule has 2 rings (SSSR count). The largest absolute Gasteiger partial charge is 0.495 e. The molecule has 18 heavy (non-hydrogen) atoms. The van der Waals surface area contributed by atoms with E-state index in [4.69, 9.17) is 22.1 Å². The molecule has 3 nitrogen and oxygen atoms in total. The summed E-state index contributed by atoms with van der Waals surface area (Å²) in [4.78, 5) is 1.12. The van der Waals surface area contributed by atoms with Crippen LogP contribution in [0.25, 0.3) is 0 Å². The first-order valence-electron chi connectivity index (χ1n) is 5.58. The Hall–Kier alpha value is -1.23. The van der Waals surface area contributed by atoms with Crippen LogP contribution in [-0.2, 0) is 0 Å². The number of hydrogen-bond donors (Lipinski definition) is 2. The van der Waals surface area contributed by atoms with E-state index in [0.717, 1.165) is 21.3 Å². The minimum absolute atomic E-state index is 0.0406. The molecule has 5 heteroatoms. The van der Waals surface area contributed by atoms with Gasteiger partial charge in [0.2, 0.25) is 0 Å². The summed E-state index contributed by atoms with van der Waals surface area (Å²) in [6.45, 7) is 0.495. The Bertz CT molecular complexity index is 515. The van der Waals surface area contributed by atoms with Gasteiger partial charge in [0.1, 0.15) is 5.75 Å². The lowest BCUT2D eigenvalue weighted by Gasteiger charge is -2.18. The Morgan fingerprint density at radius 2 is 2.22 bits per heavy atom. The summed E-state index contributed by atoms with van der Waals surface area (Å²) >= 11 is 7.54. The molecule has 96 valence electrons. The molecular weight excluding hydrogens is 268 g/mol. The Balaban J connectivity index is 2.20. The molecule has 1 aromatic carbocycles. The SMILES string of the molecule is COc1ccccc1NC(CN)c1cc(Cl)cs1. The van der Waals surface area contributed by atoms with Crippen molar-refractivity contribution in [3.05, 3.63) is 45.6 Å². The van der Waals surface area contributed by atoms with Crippen LogP contribution >= 0.6 is 22.9 Å². The number of hydrogen-bond acceptors (Lipinski definition) is 4. The predicted octanol–water partition coefficient (Wildman–Crippen LogP) is 3.52. The molecule has 1 unspecified atom stereocenters. The van der Waals surface area contributed by atoms with Crippen molar-refractivity contribution in [2.45, 2.75) is 6.04 Å².